The van der Waals surface area contributed by atoms with Crippen LogP contribution in [0.15, 0.2) is 36.7 Å². The first-order chi connectivity index (χ1) is 22.3. The van der Waals surface area contributed by atoms with Crippen molar-refractivity contribution in [1.29, 1.82) is 0 Å². The average molecular weight is 665 g/mol. The van der Waals surface area contributed by atoms with Crippen LogP contribution in [0.1, 0.15) is 56.2 Å². The van der Waals surface area contributed by atoms with Gasteiger partial charge in [-0.15, -0.1) is 0 Å². The van der Waals surface area contributed by atoms with Gasteiger partial charge in [0.05, 0.1) is 6.04 Å². The lowest BCUT2D eigenvalue weighted by Crippen LogP contribution is -2.42. The summed E-state index contributed by atoms with van der Waals surface area (Å²) >= 11 is 0. The van der Waals surface area contributed by atoms with Crippen LogP contribution in [0.2, 0.25) is 0 Å². The number of carbonyl (C=O) groups excluding carboxylic acids is 3. The average Bonchev–Trinajstić information content (AvgIpc) is 3.58. The van der Waals surface area contributed by atoms with E-state index in [0.29, 0.717) is 0 Å². The number of H-pyrrole nitrogens is 2. The van der Waals surface area contributed by atoms with E-state index < -0.39 is 96.5 Å². The van der Waals surface area contributed by atoms with Gasteiger partial charge in [0.1, 0.15) is 50.1 Å². The Morgan fingerprint density at radius 1 is 1.00 bits per heavy atom. The van der Waals surface area contributed by atoms with E-state index in [9.17, 15) is 38.0 Å². The minimum absolute atomic E-state index is 0.0328. The van der Waals surface area contributed by atoms with Gasteiger partial charge in [-0.3, -0.25) is 38.3 Å². The third-order valence-corrected chi connectivity index (χ3v) is 7.58. The first-order valence-corrected chi connectivity index (χ1v) is 14.5. The smallest absolute Gasteiger partial charge is 0.330 e. The summed E-state index contributed by atoms with van der Waals surface area (Å²) in [6.45, 7) is 3.17. The molecule has 0 aliphatic carbocycles. The van der Waals surface area contributed by atoms with Crippen molar-refractivity contribution in [2.75, 3.05) is 13.2 Å². The maximum atomic E-state index is 14.6. The van der Waals surface area contributed by atoms with Crippen LogP contribution in [0.25, 0.3) is 10.4 Å². The fourth-order valence-electron chi connectivity index (χ4n) is 5.10. The van der Waals surface area contributed by atoms with Crippen LogP contribution >= 0.6 is 0 Å². The molecule has 2 aliphatic heterocycles. The van der Waals surface area contributed by atoms with E-state index in [4.69, 9.17) is 24.5 Å². The lowest BCUT2D eigenvalue weighted by molar-refractivity contribution is -0.154. The molecule has 2 saturated heterocycles. The summed E-state index contributed by atoms with van der Waals surface area (Å²) < 4.78 is 38.6. The van der Waals surface area contributed by atoms with E-state index in [2.05, 4.69) is 25.3 Å². The Kier molecular flexibility index (Phi) is 11.1. The molecule has 4 heterocycles. The number of halogens is 1. The summed E-state index contributed by atoms with van der Waals surface area (Å²) in [7, 11) is 0. The minimum Gasteiger partial charge on any atom is -0.463 e. The Morgan fingerprint density at radius 2 is 1.55 bits per heavy atom. The number of nitrogens with one attached hydrogen (secondary N) is 3. The van der Waals surface area contributed by atoms with Crippen LogP contribution in [0.3, 0.4) is 0 Å². The molecule has 7 atom stereocenters. The fourth-order valence-corrected chi connectivity index (χ4v) is 5.10. The highest BCUT2D eigenvalue weighted by Crippen LogP contribution is 2.31. The van der Waals surface area contributed by atoms with Crippen molar-refractivity contribution in [3.8, 4) is 0 Å². The van der Waals surface area contributed by atoms with Crippen LogP contribution in [-0.2, 0) is 33.3 Å². The zero-order valence-corrected chi connectivity index (χ0v) is 25.5. The van der Waals surface area contributed by atoms with Crippen molar-refractivity contribution in [3.63, 3.8) is 0 Å². The summed E-state index contributed by atoms with van der Waals surface area (Å²) in [5.74, 6) is -2.38. The third kappa shape index (κ3) is 8.60. The lowest BCUT2D eigenvalue weighted by atomic mass is 10.1. The summed E-state index contributed by atoms with van der Waals surface area (Å²) in [6.07, 6.45) is -4.04. The molecule has 47 heavy (non-hydrogen) atoms. The number of amides is 1. The zero-order chi connectivity index (χ0) is 34.4. The predicted octanol–water partition coefficient (Wildman–Crippen LogP) is -0.333. The Morgan fingerprint density at radius 3 is 2.13 bits per heavy atom. The number of carbonyl (C=O) groups is 3. The molecule has 1 amide bonds. The second-order valence-corrected chi connectivity index (χ2v) is 11.1. The van der Waals surface area contributed by atoms with Crippen LogP contribution in [0.4, 0.5) is 4.39 Å². The van der Waals surface area contributed by atoms with E-state index in [1.807, 2.05) is 0 Å². The first-order valence-electron chi connectivity index (χ1n) is 14.5. The summed E-state index contributed by atoms with van der Waals surface area (Å²) in [5.41, 5.74) is 6.76. The van der Waals surface area contributed by atoms with E-state index >= 15 is 0 Å². The molecule has 0 bridgehead atoms. The SMILES string of the molecule is CC(=O)N[C@@H](CCC(=O)OC[C@H]1O[C@@H](n2cc(C)c(=O)[nH]c2=O)C[C@@H]1F)C(=O)OC[C@H]1O[C@@H](n2cc(C)c(=O)[nH]c2=O)CC1N=[N+]=[N-]. The number of azide groups is 1. The quantitative estimate of drug-likeness (QED) is 0.114. The first kappa shape index (κ1) is 34.8. The predicted molar refractivity (Wildman–Crippen MR) is 156 cm³/mol. The highest BCUT2D eigenvalue weighted by atomic mass is 19.1. The molecule has 20 heteroatoms. The molecular weight excluding hydrogens is 631 g/mol. The zero-order valence-electron chi connectivity index (χ0n) is 25.5. The second-order valence-electron chi connectivity index (χ2n) is 11.1. The molecule has 3 N–H and O–H groups in total. The van der Waals surface area contributed by atoms with E-state index in [-0.39, 0.29) is 36.8 Å². The number of aromatic amines is 2. The number of aryl methyl sites for hydroxylation is 2. The number of esters is 2. The van der Waals surface area contributed by atoms with E-state index in [0.717, 1.165) is 16.1 Å². The van der Waals surface area contributed by atoms with Crippen molar-refractivity contribution >= 4 is 17.8 Å². The number of hydrogen-bond donors (Lipinski definition) is 3. The van der Waals surface area contributed by atoms with Crippen molar-refractivity contribution in [2.24, 2.45) is 5.11 Å². The highest BCUT2D eigenvalue weighted by molar-refractivity contribution is 5.83. The second kappa shape index (κ2) is 15.0. The summed E-state index contributed by atoms with van der Waals surface area (Å²) in [6, 6.07) is -2.15. The largest absolute Gasteiger partial charge is 0.463 e. The fraction of sp³-hybridized carbons (Fsp3) is 0.593. The minimum atomic E-state index is -1.59. The van der Waals surface area contributed by atoms with Crippen molar-refractivity contribution in [3.05, 3.63) is 75.6 Å². The van der Waals surface area contributed by atoms with Crippen molar-refractivity contribution in [2.45, 2.75) is 89.4 Å². The van der Waals surface area contributed by atoms with Gasteiger partial charge in [-0.25, -0.2) is 18.8 Å². The van der Waals surface area contributed by atoms with Gasteiger partial charge < -0.3 is 24.3 Å². The number of aromatic nitrogens is 4. The Labute approximate surface area is 263 Å². The number of alkyl halides is 1. The topological polar surface area (TPSA) is 259 Å². The maximum absolute atomic E-state index is 14.6. The molecule has 2 aliphatic rings. The molecule has 0 radical (unpaired) electrons. The Balaban J connectivity index is 1.30. The Hall–Kier alpha value is -5.07. The molecule has 1 unspecified atom stereocenters. The monoisotopic (exact) mass is 664 g/mol. The van der Waals surface area contributed by atoms with Crippen molar-refractivity contribution < 1.29 is 37.7 Å². The van der Waals surface area contributed by atoms with Gasteiger partial charge in [-0.1, -0.05) is 5.11 Å². The van der Waals surface area contributed by atoms with Crippen LogP contribution in [0, 0.1) is 13.8 Å². The van der Waals surface area contributed by atoms with Gasteiger partial charge in [0.25, 0.3) is 11.1 Å². The standard InChI is InChI=1S/C27H33FN8O11/c1-12-8-35(26(42)31-23(12)39)20-6-15(28)18(46-20)10-44-22(38)5-4-16(30-14(3)37)25(41)45-11-19-17(33-34-29)7-21(47-19)36-9-13(2)24(40)32-27(36)43/h8-9,15-21H,4-7,10-11H2,1-3H3,(H,30,37)(H,31,39,42)(H,32,40,43)/t15-,16-,17?,18+,19+,20+,21+/m0/s1. The number of ether oxygens (including phenoxy) is 4. The van der Waals surface area contributed by atoms with Gasteiger partial charge in [-0.2, -0.15) is 0 Å². The van der Waals surface area contributed by atoms with Crippen LogP contribution < -0.4 is 27.8 Å². The number of rotatable bonds is 12. The van der Waals surface area contributed by atoms with Gasteiger partial charge in [0.2, 0.25) is 5.91 Å². The lowest BCUT2D eigenvalue weighted by Gasteiger charge is -2.20. The molecule has 254 valence electrons. The summed E-state index contributed by atoms with van der Waals surface area (Å²) in [4.78, 5) is 91.9. The van der Waals surface area contributed by atoms with E-state index in [1.54, 1.807) is 0 Å². The molecule has 2 aromatic rings. The Bertz CT molecular complexity index is 1800. The van der Waals surface area contributed by atoms with Gasteiger partial charge in [0.15, 0.2) is 0 Å². The third-order valence-electron chi connectivity index (χ3n) is 7.58. The van der Waals surface area contributed by atoms with Crippen LogP contribution in [-0.4, -0.2) is 80.6 Å². The molecule has 2 aromatic heterocycles. The molecular formula is C27H33FN8O11. The molecule has 0 spiro atoms. The highest BCUT2D eigenvalue weighted by Gasteiger charge is 2.39. The van der Waals surface area contributed by atoms with Gasteiger partial charge in [-0.05, 0) is 25.8 Å². The maximum Gasteiger partial charge on any atom is 0.330 e. The molecule has 2 fully saturated rings. The number of hydrogen-bond acceptors (Lipinski definition) is 12. The molecule has 0 saturated carbocycles. The molecule has 0 aromatic carbocycles. The van der Waals surface area contributed by atoms with Gasteiger partial charge >= 0.3 is 23.3 Å². The number of nitrogens with zero attached hydrogens (tertiary/aromatic N) is 5. The summed E-state index contributed by atoms with van der Waals surface area (Å²) in [5, 5.41) is 6.03. The molecule has 4 rings (SSSR count). The van der Waals surface area contributed by atoms with Crippen molar-refractivity contribution in [1.82, 2.24) is 24.4 Å². The van der Waals surface area contributed by atoms with E-state index in [1.165, 1.54) is 26.2 Å². The molecule has 19 nitrogen and oxygen atoms in total. The normalized spacial score (nSPS) is 24.3. The van der Waals surface area contributed by atoms with Crippen LogP contribution in [0.5, 0.6) is 0 Å². The van der Waals surface area contributed by atoms with Gasteiger partial charge in [0, 0.05) is 54.6 Å².